The Morgan fingerprint density at radius 3 is 2.31 bits per heavy atom. The minimum atomic E-state index is -0.335. The van der Waals surface area contributed by atoms with E-state index >= 15 is 0 Å². The lowest BCUT2D eigenvalue weighted by Crippen LogP contribution is -2.13. The van der Waals surface area contributed by atoms with Gasteiger partial charge in [0.2, 0.25) is 0 Å². The van der Waals surface area contributed by atoms with Gasteiger partial charge in [-0.05, 0) is 54.4 Å². The van der Waals surface area contributed by atoms with E-state index in [1.54, 1.807) is 18.2 Å². The first-order valence-electron chi connectivity index (χ1n) is 9.30. The zero-order valence-corrected chi connectivity index (χ0v) is 19.6. The number of rotatable bonds is 8. The number of hydrogen-bond acceptors (Lipinski definition) is 4. The van der Waals surface area contributed by atoms with Crippen molar-refractivity contribution >= 4 is 57.1 Å². The molecule has 0 bridgehead atoms. The number of esters is 1. The molecular weight excluding hydrogens is 422 g/mol. The Kier molecular flexibility index (Phi) is 8.00. The summed E-state index contributed by atoms with van der Waals surface area (Å²) in [6.45, 7) is 0.963. The number of ether oxygens (including phenoxy) is 1. The van der Waals surface area contributed by atoms with Crippen LogP contribution in [0.15, 0.2) is 66.7 Å². The van der Waals surface area contributed by atoms with Crippen molar-refractivity contribution in [3.8, 4) is 5.75 Å². The Morgan fingerprint density at radius 1 is 0.931 bits per heavy atom. The van der Waals surface area contributed by atoms with Gasteiger partial charge < -0.3 is 14.4 Å². The summed E-state index contributed by atoms with van der Waals surface area (Å²) in [4.78, 5) is 12.5. The molecule has 2 N–H and O–H groups in total. The zero-order chi connectivity index (χ0) is 20.6. The predicted octanol–water partition coefficient (Wildman–Crippen LogP) is 4.57. The molecule has 0 saturated heterocycles. The van der Waals surface area contributed by atoms with Gasteiger partial charge in [0.25, 0.3) is 0 Å². The number of para-hydroxylation sites is 2. The molecule has 0 aliphatic rings. The second kappa shape index (κ2) is 10.7. The standard InChI is InChI=1S/C22H19Cl2N2O2.Al.2H/c23-18-5-3-6-19(24)22(18)26-20-7-2-1-4-16(20)14-21(27)28-17-10-8-15(9-11-17)12-13-25;;;/h1-11,25-26H,12-14H2;;;/q-1;+1;;. The number of nitrogens with one attached hydrogen (secondary N) is 2. The van der Waals surface area contributed by atoms with Crippen LogP contribution in [0.4, 0.5) is 11.4 Å². The molecule has 0 radical (unpaired) electrons. The van der Waals surface area contributed by atoms with E-state index in [1.807, 2.05) is 48.5 Å². The SMILES string of the molecule is O=C(Cc1ccccc1Nc1c(Cl)cccc1Cl)Oc1ccc(CC[NH][AlH2])cc1. The van der Waals surface area contributed by atoms with Crippen molar-refractivity contribution in [2.75, 3.05) is 11.9 Å². The topological polar surface area (TPSA) is 50.4 Å². The van der Waals surface area contributed by atoms with Crippen molar-refractivity contribution in [1.82, 2.24) is 4.30 Å². The molecule has 3 rings (SSSR count). The van der Waals surface area contributed by atoms with Crippen LogP contribution in [0.1, 0.15) is 11.1 Å². The average molecular weight is 443 g/mol. The second-order valence-corrected chi connectivity index (χ2v) is 8.05. The van der Waals surface area contributed by atoms with Crippen LogP contribution in [0.25, 0.3) is 0 Å². The molecule has 0 unspecified atom stereocenters. The van der Waals surface area contributed by atoms with E-state index in [4.69, 9.17) is 27.9 Å². The highest BCUT2D eigenvalue weighted by Gasteiger charge is 2.13. The van der Waals surface area contributed by atoms with E-state index in [9.17, 15) is 4.79 Å². The molecule has 4 nitrogen and oxygen atoms in total. The molecular formula is C22H21AlCl2N2O2. The Morgan fingerprint density at radius 2 is 1.62 bits per heavy atom. The number of hydrogen-bond donors (Lipinski definition) is 2. The van der Waals surface area contributed by atoms with Gasteiger partial charge in [-0.3, -0.25) is 4.79 Å². The normalized spacial score (nSPS) is 10.6. The van der Waals surface area contributed by atoms with E-state index in [0.717, 1.165) is 40.7 Å². The van der Waals surface area contributed by atoms with E-state index < -0.39 is 0 Å². The Balaban J connectivity index is 1.68. The number of anilines is 2. The molecule has 29 heavy (non-hydrogen) atoms. The highest BCUT2D eigenvalue weighted by atomic mass is 35.5. The van der Waals surface area contributed by atoms with Gasteiger partial charge in [-0.25, -0.2) is 0 Å². The maximum absolute atomic E-state index is 12.5. The van der Waals surface area contributed by atoms with Crippen LogP contribution in [-0.4, -0.2) is 29.0 Å². The van der Waals surface area contributed by atoms with Gasteiger partial charge >= 0.3 is 22.5 Å². The number of halogens is 2. The Bertz CT molecular complexity index is 961. The molecule has 0 amide bonds. The summed E-state index contributed by atoms with van der Waals surface area (Å²) >= 11 is 13.5. The summed E-state index contributed by atoms with van der Waals surface area (Å²) in [5, 5.41) is 4.25. The Hall–Kier alpha value is -2.00. The van der Waals surface area contributed by atoms with Gasteiger partial charge in [-0.15, -0.1) is 0 Å². The fourth-order valence-corrected chi connectivity index (χ4v) is 3.61. The van der Waals surface area contributed by atoms with Crippen molar-refractivity contribution in [3.05, 3.63) is 87.9 Å². The molecule has 0 aromatic heterocycles. The molecule has 3 aromatic carbocycles. The van der Waals surface area contributed by atoms with Gasteiger partial charge in [-0.1, -0.05) is 59.6 Å². The smallest absolute Gasteiger partial charge is 0.318 e. The van der Waals surface area contributed by atoms with Crippen LogP contribution in [-0.2, 0) is 17.6 Å². The third-order valence-corrected chi connectivity index (χ3v) is 5.52. The summed E-state index contributed by atoms with van der Waals surface area (Å²) in [5.74, 6) is 0.204. The fourth-order valence-electron chi connectivity index (χ4n) is 2.86. The lowest BCUT2D eigenvalue weighted by atomic mass is 10.1. The first kappa shape index (κ1) is 21.7. The number of carbonyl (C=O) groups excluding carboxylic acids is 1. The quantitative estimate of drug-likeness (QED) is 0.305. The third kappa shape index (κ3) is 6.24. The summed E-state index contributed by atoms with van der Waals surface area (Å²) in [7, 11) is 0. The van der Waals surface area contributed by atoms with Crippen molar-refractivity contribution in [2.24, 2.45) is 0 Å². The number of benzene rings is 3. The largest absolute Gasteiger partial charge is 0.426 e. The van der Waals surface area contributed by atoms with Gasteiger partial charge in [0.05, 0.1) is 22.2 Å². The van der Waals surface area contributed by atoms with Crippen LogP contribution < -0.4 is 14.4 Å². The highest BCUT2D eigenvalue weighted by molar-refractivity contribution is 6.39. The van der Waals surface area contributed by atoms with Crippen LogP contribution in [0, 0.1) is 0 Å². The van der Waals surface area contributed by atoms with E-state index in [2.05, 4.69) is 9.62 Å². The second-order valence-electron chi connectivity index (χ2n) is 6.53. The molecule has 0 fully saturated rings. The van der Waals surface area contributed by atoms with Crippen molar-refractivity contribution in [2.45, 2.75) is 12.8 Å². The lowest BCUT2D eigenvalue weighted by Gasteiger charge is -2.14. The first-order chi connectivity index (χ1) is 14.1. The van der Waals surface area contributed by atoms with Gasteiger partial charge in [0, 0.05) is 5.69 Å². The molecule has 0 saturated carbocycles. The molecule has 3 aromatic rings. The maximum Gasteiger partial charge on any atom is 0.318 e. The van der Waals surface area contributed by atoms with Crippen molar-refractivity contribution in [3.63, 3.8) is 0 Å². The van der Waals surface area contributed by atoms with Gasteiger partial charge in [0.1, 0.15) is 5.75 Å². The van der Waals surface area contributed by atoms with Gasteiger partial charge in [-0.2, -0.15) is 0 Å². The highest BCUT2D eigenvalue weighted by Crippen LogP contribution is 2.33. The zero-order valence-electron chi connectivity index (χ0n) is 16.0. The molecule has 0 spiro atoms. The molecule has 0 aliphatic carbocycles. The van der Waals surface area contributed by atoms with Crippen molar-refractivity contribution < 1.29 is 9.53 Å². The van der Waals surface area contributed by atoms with Crippen LogP contribution >= 0.6 is 23.2 Å². The monoisotopic (exact) mass is 442 g/mol. The Labute approximate surface area is 188 Å². The number of carbonyl (C=O) groups is 1. The first-order valence-corrected chi connectivity index (χ1v) is 11.1. The maximum atomic E-state index is 12.5. The van der Waals surface area contributed by atoms with Crippen LogP contribution in [0.2, 0.25) is 10.0 Å². The van der Waals surface area contributed by atoms with Crippen molar-refractivity contribution in [1.29, 1.82) is 0 Å². The predicted molar refractivity (Wildman–Crippen MR) is 122 cm³/mol. The van der Waals surface area contributed by atoms with E-state index in [-0.39, 0.29) is 12.4 Å². The van der Waals surface area contributed by atoms with E-state index in [0.29, 0.717) is 21.5 Å². The molecule has 0 aliphatic heterocycles. The average Bonchev–Trinajstić information content (AvgIpc) is 2.71. The summed E-state index contributed by atoms with van der Waals surface area (Å²) < 4.78 is 8.75. The minimum absolute atomic E-state index is 0.122. The summed E-state index contributed by atoms with van der Waals surface area (Å²) in [6.07, 6.45) is 1.08. The van der Waals surface area contributed by atoms with Gasteiger partial charge in [0.15, 0.2) is 0 Å². The van der Waals surface area contributed by atoms with Crippen LogP contribution in [0.3, 0.4) is 0 Å². The molecule has 148 valence electrons. The fraction of sp³-hybridized carbons (Fsp3) is 0.136. The molecule has 0 heterocycles. The lowest BCUT2D eigenvalue weighted by molar-refractivity contribution is -0.133. The van der Waals surface area contributed by atoms with E-state index in [1.165, 1.54) is 5.56 Å². The molecule has 7 heteroatoms. The minimum Gasteiger partial charge on any atom is -0.426 e. The summed E-state index contributed by atoms with van der Waals surface area (Å²) in [5.41, 5.74) is 3.37. The third-order valence-electron chi connectivity index (χ3n) is 4.39. The molecule has 0 atom stereocenters. The van der Waals surface area contributed by atoms with Crippen LogP contribution in [0.5, 0.6) is 5.75 Å². The summed E-state index contributed by atoms with van der Waals surface area (Å²) in [6, 6.07) is 20.4.